The van der Waals surface area contributed by atoms with Crippen molar-refractivity contribution in [2.24, 2.45) is 0 Å². The number of rotatable bonds is 7. The minimum Gasteiger partial charge on any atom is -0.272 e. The van der Waals surface area contributed by atoms with Crippen molar-refractivity contribution in [2.75, 3.05) is 11.5 Å². The standard InChI is InChI=1S/C16H17BrN2O4S2/c17-14-9-8-13(24-14)16(21)19-18-15(20)11-25(22,23)10-4-7-12-5-2-1-3-6-12/h1-3,5-6,8-9H,4,7,10-11H2,(H,18,20)(H,19,21). The molecule has 1 aromatic heterocycles. The van der Waals surface area contributed by atoms with Gasteiger partial charge in [-0.3, -0.25) is 20.4 Å². The first kappa shape index (κ1) is 19.6. The number of thiophene rings is 1. The minimum absolute atomic E-state index is 0.0822. The molecule has 2 rings (SSSR count). The van der Waals surface area contributed by atoms with Gasteiger partial charge in [-0.1, -0.05) is 30.3 Å². The Kier molecular flexibility index (Phi) is 7.15. The first-order valence-corrected chi connectivity index (χ1v) is 10.9. The molecule has 2 aromatic rings. The van der Waals surface area contributed by atoms with Gasteiger partial charge < -0.3 is 0 Å². The highest BCUT2D eigenvalue weighted by atomic mass is 79.9. The van der Waals surface area contributed by atoms with Crippen LogP contribution < -0.4 is 10.9 Å². The van der Waals surface area contributed by atoms with Crippen LogP contribution in [0.5, 0.6) is 0 Å². The molecule has 1 aromatic carbocycles. The number of sulfone groups is 1. The van der Waals surface area contributed by atoms with Crippen LogP contribution in [0, 0.1) is 0 Å². The number of hydrogen-bond acceptors (Lipinski definition) is 5. The Morgan fingerprint density at radius 3 is 2.40 bits per heavy atom. The molecule has 0 aliphatic heterocycles. The van der Waals surface area contributed by atoms with Crippen molar-refractivity contribution in [2.45, 2.75) is 12.8 Å². The van der Waals surface area contributed by atoms with Gasteiger partial charge in [0, 0.05) is 0 Å². The number of carbonyl (C=O) groups excluding carboxylic acids is 2. The van der Waals surface area contributed by atoms with Gasteiger partial charge in [0.05, 0.1) is 14.4 Å². The van der Waals surface area contributed by atoms with Crippen LogP contribution in [0.3, 0.4) is 0 Å². The fraction of sp³-hybridized carbons (Fsp3) is 0.250. The molecule has 134 valence electrons. The topological polar surface area (TPSA) is 92.3 Å². The fourth-order valence-corrected chi connectivity index (χ4v) is 4.55. The van der Waals surface area contributed by atoms with Crippen LogP contribution in [0.25, 0.3) is 0 Å². The molecule has 0 unspecified atom stereocenters. The molecule has 9 heteroatoms. The monoisotopic (exact) mass is 444 g/mol. The van der Waals surface area contributed by atoms with Crippen LogP contribution >= 0.6 is 27.3 Å². The maximum absolute atomic E-state index is 12.0. The lowest BCUT2D eigenvalue weighted by Crippen LogP contribution is -2.44. The Balaban J connectivity index is 1.73. The number of amides is 2. The van der Waals surface area contributed by atoms with Gasteiger partial charge in [-0.15, -0.1) is 11.3 Å². The molecule has 1 heterocycles. The quantitative estimate of drug-likeness (QED) is 0.640. The Morgan fingerprint density at radius 2 is 1.76 bits per heavy atom. The minimum atomic E-state index is -3.53. The van der Waals surface area contributed by atoms with Gasteiger partial charge in [-0.05, 0) is 46.5 Å². The predicted octanol–water partition coefficient (Wildman–Crippen LogP) is 2.32. The lowest BCUT2D eigenvalue weighted by atomic mass is 10.1. The molecule has 0 aliphatic rings. The molecule has 0 saturated heterocycles. The number of hydrogen-bond donors (Lipinski definition) is 2. The van der Waals surface area contributed by atoms with Crippen molar-refractivity contribution in [1.82, 2.24) is 10.9 Å². The summed E-state index contributed by atoms with van der Waals surface area (Å²) < 4.78 is 24.7. The van der Waals surface area contributed by atoms with Crippen LogP contribution in [0.1, 0.15) is 21.7 Å². The van der Waals surface area contributed by atoms with Crippen LogP contribution in [0.15, 0.2) is 46.3 Å². The summed E-state index contributed by atoms with van der Waals surface area (Å²) in [5.74, 6) is -1.99. The Morgan fingerprint density at radius 1 is 1.04 bits per heavy atom. The summed E-state index contributed by atoms with van der Waals surface area (Å²) in [5.41, 5.74) is 5.38. The number of benzene rings is 1. The average Bonchev–Trinajstić information content (AvgIpc) is 2.99. The van der Waals surface area contributed by atoms with Crippen LogP contribution in [-0.4, -0.2) is 31.7 Å². The summed E-state index contributed by atoms with van der Waals surface area (Å²) in [4.78, 5) is 23.9. The molecule has 0 aliphatic carbocycles. The second-order valence-electron chi connectivity index (χ2n) is 5.29. The molecule has 0 atom stereocenters. The zero-order valence-corrected chi connectivity index (χ0v) is 16.4. The van der Waals surface area contributed by atoms with E-state index in [0.717, 1.165) is 9.35 Å². The molecule has 25 heavy (non-hydrogen) atoms. The molecule has 2 amide bonds. The van der Waals surface area contributed by atoms with E-state index < -0.39 is 27.4 Å². The maximum atomic E-state index is 12.0. The van der Waals surface area contributed by atoms with Crippen molar-refractivity contribution < 1.29 is 18.0 Å². The van der Waals surface area contributed by atoms with E-state index in [-0.39, 0.29) is 5.75 Å². The first-order valence-electron chi connectivity index (χ1n) is 7.44. The van der Waals surface area contributed by atoms with Gasteiger partial charge in [0.15, 0.2) is 9.84 Å². The summed E-state index contributed by atoms with van der Waals surface area (Å²) >= 11 is 4.44. The molecule has 2 N–H and O–H groups in total. The van der Waals surface area contributed by atoms with Gasteiger partial charge in [0.1, 0.15) is 5.75 Å². The van der Waals surface area contributed by atoms with Crippen LogP contribution in [-0.2, 0) is 21.1 Å². The third-order valence-electron chi connectivity index (χ3n) is 3.23. The highest BCUT2D eigenvalue weighted by molar-refractivity contribution is 9.11. The normalized spacial score (nSPS) is 11.1. The SMILES string of the molecule is O=C(CS(=O)(=O)CCCc1ccccc1)NNC(=O)c1ccc(Br)s1. The summed E-state index contributed by atoms with van der Waals surface area (Å²) in [7, 11) is -3.53. The van der Waals surface area contributed by atoms with Gasteiger partial charge in [0.2, 0.25) is 0 Å². The highest BCUT2D eigenvalue weighted by Gasteiger charge is 2.17. The van der Waals surface area contributed by atoms with E-state index in [4.69, 9.17) is 0 Å². The smallest absolute Gasteiger partial charge is 0.272 e. The van der Waals surface area contributed by atoms with Crippen molar-refractivity contribution in [1.29, 1.82) is 0 Å². The molecule has 0 bridgehead atoms. The van der Waals surface area contributed by atoms with E-state index in [1.165, 1.54) is 11.3 Å². The van der Waals surface area contributed by atoms with E-state index in [1.807, 2.05) is 30.3 Å². The molecule has 0 saturated carbocycles. The highest BCUT2D eigenvalue weighted by Crippen LogP contribution is 2.21. The van der Waals surface area contributed by atoms with Crippen molar-refractivity contribution in [3.8, 4) is 0 Å². The molecular weight excluding hydrogens is 428 g/mol. The van der Waals surface area contributed by atoms with Crippen molar-refractivity contribution >= 4 is 48.9 Å². The summed E-state index contributed by atoms with van der Waals surface area (Å²) in [6, 6.07) is 12.8. The van der Waals surface area contributed by atoms with Gasteiger partial charge in [0.25, 0.3) is 11.8 Å². The summed E-state index contributed by atoms with van der Waals surface area (Å²) in [6.07, 6.45) is 1.07. The lowest BCUT2D eigenvalue weighted by Gasteiger charge is -2.07. The largest absolute Gasteiger partial charge is 0.279 e. The molecule has 0 radical (unpaired) electrons. The lowest BCUT2D eigenvalue weighted by molar-refractivity contribution is -0.119. The van der Waals surface area contributed by atoms with Crippen molar-refractivity contribution in [3.05, 3.63) is 56.7 Å². The van der Waals surface area contributed by atoms with E-state index in [0.29, 0.717) is 17.7 Å². The number of carbonyl (C=O) groups is 2. The van der Waals surface area contributed by atoms with Gasteiger partial charge in [-0.2, -0.15) is 0 Å². The Hall–Kier alpha value is -1.71. The van der Waals surface area contributed by atoms with Gasteiger partial charge in [-0.25, -0.2) is 8.42 Å². The summed E-state index contributed by atoms with van der Waals surface area (Å²) in [6.45, 7) is 0. The van der Waals surface area contributed by atoms with E-state index in [2.05, 4.69) is 26.8 Å². The molecular formula is C16H17BrN2O4S2. The number of hydrazine groups is 1. The fourth-order valence-electron chi connectivity index (χ4n) is 2.07. The number of nitrogens with one attached hydrogen (secondary N) is 2. The maximum Gasteiger partial charge on any atom is 0.279 e. The van der Waals surface area contributed by atoms with Crippen LogP contribution in [0.2, 0.25) is 0 Å². The number of halogens is 1. The zero-order chi connectivity index (χ0) is 18.3. The summed E-state index contributed by atoms with van der Waals surface area (Å²) in [5, 5.41) is 0. The molecule has 0 spiro atoms. The predicted molar refractivity (Wildman–Crippen MR) is 101 cm³/mol. The second-order valence-corrected chi connectivity index (χ2v) is 9.93. The van der Waals surface area contributed by atoms with Gasteiger partial charge >= 0.3 is 0 Å². The second kappa shape index (κ2) is 9.12. The Bertz CT molecular complexity index is 835. The number of aryl methyl sites for hydroxylation is 1. The Labute approximate surface area is 158 Å². The van der Waals surface area contributed by atoms with Crippen molar-refractivity contribution in [3.63, 3.8) is 0 Å². The average molecular weight is 445 g/mol. The zero-order valence-electron chi connectivity index (χ0n) is 13.2. The molecule has 0 fully saturated rings. The van der Waals surface area contributed by atoms with Crippen LogP contribution in [0.4, 0.5) is 0 Å². The van der Waals surface area contributed by atoms with E-state index in [1.54, 1.807) is 12.1 Å². The third kappa shape index (κ3) is 6.97. The molecule has 6 nitrogen and oxygen atoms in total. The third-order valence-corrected chi connectivity index (χ3v) is 6.46. The van der Waals surface area contributed by atoms with E-state index >= 15 is 0 Å². The van der Waals surface area contributed by atoms with E-state index in [9.17, 15) is 18.0 Å². The first-order chi connectivity index (χ1) is 11.9.